The summed E-state index contributed by atoms with van der Waals surface area (Å²) in [6.45, 7) is 10.3. The van der Waals surface area contributed by atoms with Crippen molar-refractivity contribution in [3.63, 3.8) is 0 Å². The highest BCUT2D eigenvalue weighted by atomic mass is 16.5. The van der Waals surface area contributed by atoms with Gasteiger partial charge in [-0.15, -0.1) is 0 Å². The smallest absolute Gasteiger partial charge is 0.265 e. The van der Waals surface area contributed by atoms with E-state index in [1.54, 1.807) is 13.0 Å². The molecule has 1 aromatic carbocycles. The van der Waals surface area contributed by atoms with E-state index >= 15 is 0 Å². The average molecular weight is 370 g/mol. The highest BCUT2D eigenvalue weighted by Crippen LogP contribution is 2.26. The fourth-order valence-corrected chi connectivity index (χ4v) is 3.00. The van der Waals surface area contributed by atoms with Crippen LogP contribution in [-0.2, 0) is 6.42 Å². The molecule has 1 N–H and O–H groups in total. The normalized spacial score (nSPS) is 10.7. The van der Waals surface area contributed by atoms with Crippen LogP contribution in [0.15, 0.2) is 24.3 Å². The number of carbonyl (C=O) groups excluding carboxylic acids is 1. The number of hydrogen-bond donors (Lipinski definition) is 1. The molecule has 0 fully saturated rings. The van der Waals surface area contributed by atoms with E-state index in [2.05, 4.69) is 12.2 Å². The van der Waals surface area contributed by atoms with Gasteiger partial charge in [0.15, 0.2) is 5.69 Å². The summed E-state index contributed by atoms with van der Waals surface area (Å²) in [5.41, 5.74) is 4.21. The quantitative estimate of drug-likeness (QED) is 0.419. The van der Waals surface area contributed by atoms with Crippen molar-refractivity contribution in [3.8, 4) is 5.75 Å². The van der Waals surface area contributed by atoms with Crippen LogP contribution >= 0.6 is 0 Å². The molecule has 1 amide bonds. The summed E-state index contributed by atoms with van der Waals surface area (Å²) in [6, 6.07) is 7.45. The summed E-state index contributed by atoms with van der Waals surface area (Å²) in [6.07, 6.45) is 3.18. The lowest BCUT2D eigenvalue weighted by Gasteiger charge is -2.17. The number of nitrogens with zero attached hydrogens (tertiary/aromatic N) is 1. The molecule has 146 valence electrons. The molecule has 0 aliphatic carbocycles. The van der Waals surface area contributed by atoms with Crippen LogP contribution < -0.4 is 14.8 Å². The zero-order chi connectivity index (χ0) is 20.0. The van der Waals surface area contributed by atoms with Gasteiger partial charge in [-0.25, -0.2) is 0 Å². The van der Waals surface area contributed by atoms with Crippen molar-refractivity contribution >= 4 is 11.6 Å². The van der Waals surface area contributed by atoms with E-state index in [9.17, 15) is 10.0 Å². The first-order valence-corrected chi connectivity index (χ1v) is 9.67. The van der Waals surface area contributed by atoms with Crippen LogP contribution in [0.25, 0.3) is 0 Å². The minimum absolute atomic E-state index is 0.303. The number of aromatic nitrogens is 1. The van der Waals surface area contributed by atoms with Crippen molar-refractivity contribution < 1.29 is 14.3 Å². The lowest BCUT2D eigenvalue weighted by Crippen LogP contribution is -2.38. The van der Waals surface area contributed by atoms with E-state index in [0.29, 0.717) is 35.7 Å². The standard InChI is InChI=1S/C22H30N2O3/c1-6-8-13-27-20-14-16(4)24(26)19(10-7-2)21(20)22(25)23-18-12-9-11-15(3)17(18)5/h9,11-12,14H,6-8,10,13H2,1-5H3,(H,23,25). The minimum Gasteiger partial charge on any atom is -0.618 e. The van der Waals surface area contributed by atoms with Gasteiger partial charge in [0, 0.05) is 25.1 Å². The number of benzene rings is 1. The molecular formula is C22H30N2O3. The molecule has 0 aliphatic rings. The number of nitrogens with one attached hydrogen (secondary N) is 1. The lowest BCUT2D eigenvalue weighted by molar-refractivity contribution is -0.621. The van der Waals surface area contributed by atoms with Gasteiger partial charge in [-0.05, 0) is 43.9 Å². The highest BCUT2D eigenvalue weighted by molar-refractivity contribution is 6.07. The van der Waals surface area contributed by atoms with E-state index < -0.39 is 0 Å². The number of amides is 1. The first-order chi connectivity index (χ1) is 12.9. The van der Waals surface area contributed by atoms with Gasteiger partial charge in [-0.2, -0.15) is 4.73 Å². The number of unbranched alkanes of at least 4 members (excludes halogenated alkanes) is 1. The molecule has 0 unspecified atom stereocenters. The Morgan fingerprint density at radius 3 is 2.59 bits per heavy atom. The summed E-state index contributed by atoms with van der Waals surface area (Å²) in [4.78, 5) is 13.1. The second-order valence-electron chi connectivity index (χ2n) is 6.92. The number of rotatable bonds is 8. The van der Waals surface area contributed by atoms with Crippen LogP contribution in [0.2, 0.25) is 0 Å². The fourth-order valence-electron chi connectivity index (χ4n) is 3.00. The number of aryl methyl sites for hydroxylation is 2. The molecule has 0 aliphatic heterocycles. The Balaban J connectivity index is 2.48. The summed E-state index contributed by atoms with van der Waals surface area (Å²) in [5.74, 6) is 0.183. The van der Waals surface area contributed by atoms with Crippen LogP contribution in [0.3, 0.4) is 0 Å². The van der Waals surface area contributed by atoms with Crippen LogP contribution in [0.4, 0.5) is 5.69 Å². The topological polar surface area (TPSA) is 65.3 Å². The molecule has 2 rings (SSSR count). The molecule has 27 heavy (non-hydrogen) atoms. The van der Waals surface area contributed by atoms with Gasteiger partial charge >= 0.3 is 0 Å². The molecule has 0 saturated carbocycles. The Morgan fingerprint density at radius 2 is 1.93 bits per heavy atom. The van der Waals surface area contributed by atoms with Crippen LogP contribution in [0.5, 0.6) is 5.75 Å². The van der Waals surface area contributed by atoms with Crippen molar-refractivity contribution in [2.24, 2.45) is 0 Å². The third-order valence-corrected chi connectivity index (χ3v) is 4.76. The summed E-state index contributed by atoms with van der Waals surface area (Å²) in [5, 5.41) is 15.6. The van der Waals surface area contributed by atoms with Crippen molar-refractivity contribution in [2.75, 3.05) is 11.9 Å². The number of carbonyl (C=O) groups is 1. The van der Waals surface area contributed by atoms with E-state index in [0.717, 1.165) is 40.8 Å². The number of anilines is 1. The molecule has 0 spiro atoms. The largest absolute Gasteiger partial charge is 0.618 e. The maximum absolute atomic E-state index is 13.1. The Kier molecular flexibility index (Phi) is 7.22. The van der Waals surface area contributed by atoms with Gasteiger partial charge in [-0.1, -0.05) is 32.4 Å². The van der Waals surface area contributed by atoms with Gasteiger partial charge < -0.3 is 15.3 Å². The van der Waals surface area contributed by atoms with E-state index in [1.807, 2.05) is 39.0 Å². The van der Waals surface area contributed by atoms with Crippen molar-refractivity contribution in [1.29, 1.82) is 0 Å². The van der Waals surface area contributed by atoms with Crippen LogP contribution in [0, 0.1) is 26.0 Å². The Morgan fingerprint density at radius 1 is 1.19 bits per heavy atom. The fraction of sp³-hybridized carbons (Fsp3) is 0.455. The monoisotopic (exact) mass is 370 g/mol. The van der Waals surface area contributed by atoms with Crippen LogP contribution in [-0.4, -0.2) is 12.5 Å². The zero-order valence-corrected chi connectivity index (χ0v) is 17.0. The maximum atomic E-state index is 13.1. The number of hydrogen-bond acceptors (Lipinski definition) is 3. The second-order valence-corrected chi connectivity index (χ2v) is 6.92. The zero-order valence-electron chi connectivity index (χ0n) is 17.0. The Bertz CT molecular complexity index is 816. The van der Waals surface area contributed by atoms with E-state index in [-0.39, 0.29) is 5.91 Å². The summed E-state index contributed by atoms with van der Waals surface area (Å²) in [7, 11) is 0. The molecular weight excluding hydrogens is 340 g/mol. The molecule has 5 heteroatoms. The number of ether oxygens (including phenoxy) is 1. The molecule has 5 nitrogen and oxygen atoms in total. The third kappa shape index (κ3) is 4.79. The molecule has 2 aromatic rings. The van der Waals surface area contributed by atoms with Crippen molar-refractivity contribution in [1.82, 2.24) is 0 Å². The lowest BCUT2D eigenvalue weighted by atomic mass is 10.0. The van der Waals surface area contributed by atoms with Gasteiger partial charge in [0.2, 0.25) is 5.69 Å². The molecule has 0 atom stereocenters. The average Bonchev–Trinajstić information content (AvgIpc) is 2.63. The van der Waals surface area contributed by atoms with Gasteiger partial charge in [0.25, 0.3) is 5.91 Å². The first kappa shape index (κ1) is 20.7. The Labute approximate surface area is 162 Å². The van der Waals surface area contributed by atoms with Crippen molar-refractivity contribution in [3.05, 3.63) is 57.6 Å². The SMILES string of the molecule is CCCCOc1cc(C)[n+]([O-])c(CCC)c1C(=O)Nc1cccc(C)c1C. The third-order valence-electron chi connectivity index (χ3n) is 4.76. The Hall–Kier alpha value is -2.56. The molecule has 0 saturated heterocycles. The van der Waals surface area contributed by atoms with E-state index in [1.165, 1.54) is 0 Å². The maximum Gasteiger partial charge on any atom is 0.265 e. The van der Waals surface area contributed by atoms with Gasteiger partial charge in [0.05, 0.1) is 6.61 Å². The highest BCUT2D eigenvalue weighted by Gasteiger charge is 2.27. The molecule has 0 bridgehead atoms. The molecule has 0 radical (unpaired) electrons. The minimum atomic E-state index is -0.303. The second kappa shape index (κ2) is 9.40. The predicted octanol–water partition coefficient (Wildman–Crippen LogP) is 4.63. The molecule has 1 aromatic heterocycles. The predicted molar refractivity (Wildman–Crippen MR) is 108 cm³/mol. The van der Waals surface area contributed by atoms with Gasteiger partial charge in [-0.3, -0.25) is 4.79 Å². The first-order valence-electron chi connectivity index (χ1n) is 9.67. The van der Waals surface area contributed by atoms with E-state index in [4.69, 9.17) is 4.74 Å². The number of pyridine rings is 1. The summed E-state index contributed by atoms with van der Waals surface area (Å²) < 4.78 is 6.76. The van der Waals surface area contributed by atoms with Crippen LogP contribution in [0.1, 0.15) is 66.0 Å². The van der Waals surface area contributed by atoms with Crippen molar-refractivity contribution in [2.45, 2.75) is 60.3 Å². The van der Waals surface area contributed by atoms with Gasteiger partial charge in [0.1, 0.15) is 11.3 Å². The molecule has 1 heterocycles. The summed E-state index contributed by atoms with van der Waals surface area (Å²) >= 11 is 0.